The van der Waals surface area contributed by atoms with Gasteiger partial charge in [0.05, 0.1) is 6.10 Å². The summed E-state index contributed by atoms with van der Waals surface area (Å²) in [5, 5.41) is 0. The van der Waals surface area contributed by atoms with Gasteiger partial charge in [0.1, 0.15) is 0 Å². The molecule has 1 aromatic rings. The molecule has 1 aromatic carbocycles. The molecule has 2 N–H and O–H groups in total. The van der Waals surface area contributed by atoms with Gasteiger partial charge in [-0.15, -0.1) is 0 Å². The van der Waals surface area contributed by atoms with Crippen LogP contribution in [0.15, 0.2) is 24.3 Å². The van der Waals surface area contributed by atoms with E-state index in [1.54, 1.807) is 0 Å². The Morgan fingerprint density at radius 1 is 1.47 bits per heavy atom. The molecule has 1 saturated heterocycles. The molecule has 1 aliphatic rings. The second-order valence-corrected chi connectivity index (χ2v) is 5.17. The van der Waals surface area contributed by atoms with Crippen molar-refractivity contribution in [1.29, 1.82) is 0 Å². The zero-order valence-electron chi connectivity index (χ0n) is 10.7. The summed E-state index contributed by atoms with van der Waals surface area (Å²) in [6, 6.07) is 8.89. The first kappa shape index (κ1) is 12.6. The number of nitrogens with two attached hydrogens (primary N) is 1. The number of rotatable bonds is 5. The van der Waals surface area contributed by atoms with Crippen LogP contribution in [0.1, 0.15) is 36.8 Å². The number of hydrogen-bond acceptors (Lipinski definition) is 2. The minimum Gasteiger partial charge on any atom is -0.378 e. The molecule has 1 heterocycles. The molecule has 1 fully saturated rings. The summed E-state index contributed by atoms with van der Waals surface area (Å²) in [6.07, 6.45) is 6.08. The van der Waals surface area contributed by atoms with Crippen LogP contribution in [0, 0.1) is 6.92 Å². The predicted molar refractivity (Wildman–Crippen MR) is 71.1 cm³/mol. The summed E-state index contributed by atoms with van der Waals surface area (Å²) in [6.45, 7) is 3.07. The van der Waals surface area contributed by atoms with Crippen molar-refractivity contribution in [3.8, 4) is 0 Å². The standard InChI is InChI=1S/C15H23NO/c1-12-4-2-5-13(10-12)11-14(16)7-8-15-6-3-9-17-15/h2,4-5,10,14-15H,3,6-9,11,16H2,1H3. The molecule has 2 unspecified atom stereocenters. The molecule has 17 heavy (non-hydrogen) atoms. The lowest BCUT2D eigenvalue weighted by Crippen LogP contribution is -2.24. The van der Waals surface area contributed by atoms with Crippen molar-refractivity contribution in [3.63, 3.8) is 0 Å². The third-order valence-corrected chi connectivity index (χ3v) is 3.46. The Morgan fingerprint density at radius 3 is 3.06 bits per heavy atom. The summed E-state index contributed by atoms with van der Waals surface area (Å²) in [5.74, 6) is 0. The quantitative estimate of drug-likeness (QED) is 0.848. The summed E-state index contributed by atoms with van der Waals surface area (Å²) in [5.41, 5.74) is 8.84. The monoisotopic (exact) mass is 233 g/mol. The number of ether oxygens (including phenoxy) is 1. The number of hydrogen-bond donors (Lipinski definition) is 1. The summed E-state index contributed by atoms with van der Waals surface area (Å²) in [7, 11) is 0. The molecular weight excluding hydrogens is 210 g/mol. The van der Waals surface area contributed by atoms with E-state index in [1.807, 2.05) is 0 Å². The van der Waals surface area contributed by atoms with Crippen LogP contribution in [0.25, 0.3) is 0 Å². The second-order valence-electron chi connectivity index (χ2n) is 5.17. The van der Waals surface area contributed by atoms with E-state index in [-0.39, 0.29) is 6.04 Å². The Bertz CT molecular complexity index is 345. The van der Waals surface area contributed by atoms with E-state index in [4.69, 9.17) is 10.5 Å². The van der Waals surface area contributed by atoms with Crippen molar-refractivity contribution in [2.45, 2.75) is 51.2 Å². The van der Waals surface area contributed by atoms with Gasteiger partial charge in [-0.2, -0.15) is 0 Å². The van der Waals surface area contributed by atoms with Crippen molar-refractivity contribution in [1.82, 2.24) is 0 Å². The fraction of sp³-hybridized carbons (Fsp3) is 0.600. The highest BCUT2D eigenvalue weighted by molar-refractivity contribution is 5.22. The van der Waals surface area contributed by atoms with Gasteiger partial charge in [0.25, 0.3) is 0 Å². The zero-order valence-corrected chi connectivity index (χ0v) is 10.7. The smallest absolute Gasteiger partial charge is 0.0576 e. The molecule has 0 spiro atoms. The first-order valence-corrected chi connectivity index (χ1v) is 6.67. The summed E-state index contributed by atoms with van der Waals surface area (Å²) in [4.78, 5) is 0. The third-order valence-electron chi connectivity index (χ3n) is 3.46. The van der Waals surface area contributed by atoms with Crippen molar-refractivity contribution >= 4 is 0 Å². The molecule has 0 radical (unpaired) electrons. The Hall–Kier alpha value is -0.860. The van der Waals surface area contributed by atoms with E-state index in [0.717, 1.165) is 25.9 Å². The maximum absolute atomic E-state index is 6.18. The normalized spacial score (nSPS) is 21.6. The molecule has 0 bridgehead atoms. The van der Waals surface area contributed by atoms with E-state index in [1.165, 1.54) is 24.0 Å². The Balaban J connectivity index is 1.74. The van der Waals surface area contributed by atoms with Crippen molar-refractivity contribution in [2.24, 2.45) is 5.73 Å². The van der Waals surface area contributed by atoms with Crippen LogP contribution in [-0.4, -0.2) is 18.8 Å². The van der Waals surface area contributed by atoms with Crippen LogP contribution in [-0.2, 0) is 11.2 Å². The highest BCUT2D eigenvalue weighted by atomic mass is 16.5. The number of benzene rings is 1. The van der Waals surface area contributed by atoms with Gasteiger partial charge in [-0.05, 0) is 44.6 Å². The van der Waals surface area contributed by atoms with Crippen LogP contribution in [0.3, 0.4) is 0 Å². The minimum atomic E-state index is 0.265. The topological polar surface area (TPSA) is 35.2 Å². The van der Waals surface area contributed by atoms with E-state index in [2.05, 4.69) is 31.2 Å². The van der Waals surface area contributed by atoms with Crippen LogP contribution >= 0.6 is 0 Å². The molecule has 0 saturated carbocycles. The van der Waals surface area contributed by atoms with Crippen LogP contribution in [0.2, 0.25) is 0 Å². The average Bonchev–Trinajstić information content (AvgIpc) is 2.79. The summed E-state index contributed by atoms with van der Waals surface area (Å²) < 4.78 is 5.62. The summed E-state index contributed by atoms with van der Waals surface area (Å²) >= 11 is 0. The lowest BCUT2D eigenvalue weighted by atomic mass is 9.99. The molecule has 2 rings (SSSR count). The van der Waals surface area contributed by atoms with Gasteiger partial charge < -0.3 is 10.5 Å². The Labute approximate surface area is 104 Å². The SMILES string of the molecule is Cc1cccc(CC(N)CCC2CCCO2)c1. The van der Waals surface area contributed by atoms with Gasteiger partial charge in [-0.3, -0.25) is 0 Å². The molecular formula is C15H23NO. The van der Waals surface area contributed by atoms with E-state index in [0.29, 0.717) is 6.10 Å². The fourth-order valence-electron chi connectivity index (χ4n) is 2.52. The molecule has 2 atom stereocenters. The van der Waals surface area contributed by atoms with Crippen molar-refractivity contribution in [2.75, 3.05) is 6.61 Å². The van der Waals surface area contributed by atoms with Crippen LogP contribution in [0.5, 0.6) is 0 Å². The van der Waals surface area contributed by atoms with Gasteiger partial charge in [0.2, 0.25) is 0 Å². The Kier molecular flexibility index (Phi) is 4.57. The molecule has 2 nitrogen and oxygen atoms in total. The lowest BCUT2D eigenvalue weighted by molar-refractivity contribution is 0.101. The van der Waals surface area contributed by atoms with Gasteiger partial charge in [-0.1, -0.05) is 29.8 Å². The van der Waals surface area contributed by atoms with Gasteiger partial charge in [0.15, 0.2) is 0 Å². The molecule has 0 aliphatic carbocycles. The first-order valence-electron chi connectivity index (χ1n) is 6.67. The van der Waals surface area contributed by atoms with Gasteiger partial charge in [-0.25, -0.2) is 0 Å². The molecule has 1 aliphatic heterocycles. The predicted octanol–water partition coefficient (Wildman–Crippen LogP) is 2.82. The van der Waals surface area contributed by atoms with Crippen molar-refractivity contribution < 1.29 is 4.74 Å². The van der Waals surface area contributed by atoms with Gasteiger partial charge >= 0.3 is 0 Å². The van der Waals surface area contributed by atoms with E-state index < -0.39 is 0 Å². The molecule has 0 aromatic heterocycles. The van der Waals surface area contributed by atoms with E-state index >= 15 is 0 Å². The second kappa shape index (κ2) is 6.18. The van der Waals surface area contributed by atoms with Crippen molar-refractivity contribution in [3.05, 3.63) is 35.4 Å². The number of aryl methyl sites for hydroxylation is 1. The molecule has 94 valence electrons. The third kappa shape index (κ3) is 4.14. The lowest BCUT2D eigenvalue weighted by Gasteiger charge is -2.15. The largest absolute Gasteiger partial charge is 0.378 e. The first-order chi connectivity index (χ1) is 8.24. The molecule has 0 amide bonds. The Morgan fingerprint density at radius 2 is 2.35 bits per heavy atom. The van der Waals surface area contributed by atoms with Crippen LogP contribution < -0.4 is 5.73 Å². The maximum Gasteiger partial charge on any atom is 0.0576 e. The maximum atomic E-state index is 6.18. The van der Waals surface area contributed by atoms with E-state index in [9.17, 15) is 0 Å². The van der Waals surface area contributed by atoms with Gasteiger partial charge in [0, 0.05) is 12.6 Å². The zero-order chi connectivity index (χ0) is 12.1. The fourth-order valence-corrected chi connectivity index (χ4v) is 2.52. The minimum absolute atomic E-state index is 0.265. The molecule has 2 heteroatoms. The van der Waals surface area contributed by atoms with Crippen LogP contribution in [0.4, 0.5) is 0 Å². The highest BCUT2D eigenvalue weighted by Crippen LogP contribution is 2.18. The average molecular weight is 233 g/mol. The highest BCUT2D eigenvalue weighted by Gasteiger charge is 2.16.